The third kappa shape index (κ3) is 3.28. The number of nitrogens with two attached hydrogens (primary N) is 1. The maximum Gasteiger partial charge on any atom is 0.287 e. The molecule has 7 heteroatoms. The highest BCUT2D eigenvalue weighted by Gasteiger charge is 2.14. The Morgan fingerprint density at radius 2 is 2.05 bits per heavy atom. The van der Waals surface area contributed by atoms with Gasteiger partial charge in [-0.15, -0.1) is 0 Å². The van der Waals surface area contributed by atoms with Crippen LogP contribution < -0.4 is 16.0 Å². The number of ether oxygens (including phenoxy) is 1. The van der Waals surface area contributed by atoms with Crippen molar-refractivity contribution in [2.45, 2.75) is 20.6 Å². The van der Waals surface area contributed by atoms with Crippen LogP contribution in [-0.2, 0) is 6.73 Å². The molecule has 0 fully saturated rings. The molecule has 1 aromatic heterocycles. The molecule has 0 radical (unpaired) electrons. The zero-order valence-electron chi connectivity index (χ0n) is 11.2. The first-order valence-electron chi connectivity index (χ1n) is 5.94. The molecule has 1 amide bonds. The van der Waals surface area contributed by atoms with Crippen LogP contribution in [0.25, 0.3) is 0 Å². The number of hydrogen-bond donors (Lipinski definition) is 2. The zero-order valence-corrected chi connectivity index (χ0v) is 11.9. The summed E-state index contributed by atoms with van der Waals surface area (Å²) in [6, 6.07) is 5.90. The summed E-state index contributed by atoms with van der Waals surface area (Å²) in [6.07, 6.45) is 1.51. The van der Waals surface area contributed by atoms with Crippen LogP contribution in [0.5, 0.6) is 5.75 Å². The third-order valence-corrected chi connectivity index (χ3v) is 2.90. The average molecular weight is 295 g/mol. The molecule has 2 aromatic rings. The predicted octanol–water partition coefficient (Wildman–Crippen LogP) is 1.79. The van der Waals surface area contributed by atoms with Crippen molar-refractivity contribution in [2.75, 3.05) is 0 Å². The lowest BCUT2D eigenvalue weighted by molar-refractivity contribution is 0.0946. The molecule has 0 aliphatic rings. The number of nitrogens with one attached hydrogen (secondary N) is 1. The molecule has 1 heterocycles. The summed E-state index contributed by atoms with van der Waals surface area (Å²) >= 11 is 5.90. The Kier molecular flexibility index (Phi) is 4.26. The van der Waals surface area contributed by atoms with E-state index >= 15 is 0 Å². The summed E-state index contributed by atoms with van der Waals surface area (Å²) in [4.78, 5) is 11.4. The van der Waals surface area contributed by atoms with Crippen LogP contribution >= 0.6 is 11.6 Å². The SMILES string of the molecule is Cc1cc(C)cc(OCn2cc(Cl)c(C(=O)NN)n2)c1. The molecule has 0 aliphatic carbocycles. The van der Waals surface area contributed by atoms with E-state index in [1.165, 1.54) is 10.9 Å². The highest BCUT2D eigenvalue weighted by Crippen LogP contribution is 2.18. The highest BCUT2D eigenvalue weighted by molar-refractivity contribution is 6.33. The number of amides is 1. The Hall–Kier alpha value is -2.05. The van der Waals surface area contributed by atoms with Crippen molar-refractivity contribution in [1.29, 1.82) is 0 Å². The lowest BCUT2D eigenvalue weighted by atomic mass is 10.1. The van der Waals surface area contributed by atoms with Gasteiger partial charge in [0.2, 0.25) is 0 Å². The summed E-state index contributed by atoms with van der Waals surface area (Å²) in [6.45, 7) is 4.14. The van der Waals surface area contributed by atoms with Crippen LogP contribution in [0.15, 0.2) is 24.4 Å². The van der Waals surface area contributed by atoms with Crippen molar-refractivity contribution in [3.63, 3.8) is 0 Å². The van der Waals surface area contributed by atoms with Gasteiger partial charge in [-0.25, -0.2) is 10.5 Å². The van der Waals surface area contributed by atoms with Gasteiger partial charge < -0.3 is 4.74 Å². The number of hydrogen-bond acceptors (Lipinski definition) is 4. The fraction of sp³-hybridized carbons (Fsp3) is 0.231. The predicted molar refractivity (Wildman–Crippen MR) is 75.4 cm³/mol. The van der Waals surface area contributed by atoms with Crippen LogP contribution in [0.4, 0.5) is 0 Å². The number of nitrogens with zero attached hydrogens (tertiary/aromatic N) is 2. The van der Waals surface area contributed by atoms with Gasteiger partial charge in [-0.3, -0.25) is 10.2 Å². The smallest absolute Gasteiger partial charge is 0.287 e. The summed E-state index contributed by atoms with van der Waals surface area (Å²) < 4.78 is 7.05. The van der Waals surface area contributed by atoms with Crippen molar-refractivity contribution in [3.05, 3.63) is 46.2 Å². The maximum atomic E-state index is 11.4. The van der Waals surface area contributed by atoms with E-state index in [1.54, 1.807) is 0 Å². The van der Waals surface area contributed by atoms with Gasteiger partial charge in [-0.05, 0) is 37.1 Å². The van der Waals surface area contributed by atoms with E-state index < -0.39 is 5.91 Å². The number of carbonyl (C=O) groups excluding carboxylic acids is 1. The number of benzene rings is 1. The molecule has 20 heavy (non-hydrogen) atoms. The molecule has 0 aliphatic heterocycles. The summed E-state index contributed by atoms with van der Waals surface area (Å²) in [5.41, 5.74) is 4.28. The Balaban J connectivity index is 2.09. The minimum absolute atomic E-state index is 0.0678. The molecule has 2 rings (SSSR count). The van der Waals surface area contributed by atoms with Gasteiger partial charge in [-0.2, -0.15) is 5.10 Å². The van der Waals surface area contributed by atoms with E-state index in [0.717, 1.165) is 16.9 Å². The van der Waals surface area contributed by atoms with E-state index in [1.807, 2.05) is 31.4 Å². The fourth-order valence-electron chi connectivity index (χ4n) is 1.84. The first kappa shape index (κ1) is 14.4. The molecule has 0 saturated heterocycles. The van der Waals surface area contributed by atoms with Crippen LogP contribution in [0.3, 0.4) is 0 Å². The van der Waals surface area contributed by atoms with Crippen molar-refractivity contribution in [2.24, 2.45) is 5.84 Å². The van der Waals surface area contributed by atoms with Gasteiger partial charge in [0.1, 0.15) is 5.75 Å². The van der Waals surface area contributed by atoms with Gasteiger partial charge in [0.05, 0.1) is 5.02 Å². The average Bonchev–Trinajstić information content (AvgIpc) is 2.76. The number of rotatable bonds is 4. The van der Waals surface area contributed by atoms with Crippen LogP contribution in [0, 0.1) is 13.8 Å². The van der Waals surface area contributed by atoms with Crippen LogP contribution in [0.1, 0.15) is 21.6 Å². The van der Waals surface area contributed by atoms with Gasteiger partial charge in [0.15, 0.2) is 12.4 Å². The highest BCUT2D eigenvalue weighted by atomic mass is 35.5. The van der Waals surface area contributed by atoms with E-state index in [2.05, 4.69) is 11.2 Å². The molecule has 0 unspecified atom stereocenters. The van der Waals surface area contributed by atoms with Crippen molar-refractivity contribution in [3.8, 4) is 5.75 Å². The first-order valence-corrected chi connectivity index (χ1v) is 6.32. The molecule has 0 bridgehead atoms. The van der Waals surface area contributed by atoms with Crippen LogP contribution in [0.2, 0.25) is 5.02 Å². The monoisotopic (exact) mass is 294 g/mol. The second-order valence-corrected chi connectivity index (χ2v) is 4.84. The van der Waals surface area contributed by atoms with Gasteiger partial charge in [-0.1, -0.05) is 17.7 Å². The van der Waals surface area contributed by atoms with Crippen molar-refractivity contribution in [1.82, 2.24) is 15.2 Å². The summed E-state index contributed by atoms with van der Waals surface area (Å²) in [5, 5.41) is 4.23. The fourth-order valence-corrected chi connectivity index (χ4v) is 2.08. The van der Waals surface area contributed by atoms with E-state index in [9.17, 15) is 4.79 Å². The number of halogens is 1. The van der Waals surface area contributed by atoms with E-state index in [0.29, 0.717) is 0 Å². The lowest BCUT2D eigenvalue weighted by Crippen LogP contribution is -2.30. The summed E-state index contributed by atoms with van der Waals surface area (Å²) in [7, 11) is 0. The Morgan fingerprint density at radius 1 is 1.40 bits per heavy atom. The van der Waals surface area contributed by atoms with Crippen molar-refractivity contribution >= 4 is 17.5 Å². The quantitative estimate of drug-likeness (QED) is 0.512. The number of aromatic nitrogens is 2. The molecule has 0 spiro atoms. The molecule has 3 N–H and O–H groups in total. The molecule has 1 aromatic carbocycles. The molecule has 0 saturated carbocycles. The summed E-state index contributed by atoms with van der Waals surface area (Å²) in [5.74, 6) is 5.24. The molecule has 106 valence electrons. The minimum atomic E-state index is -0.542. The maximum absolute atomic E-state index is 11.4. The standard InChI is InChI=1S/C13H15ClN4O2/c1-8-3-9(2)5-10(4-8)20-7-18-6-11(14)12(17-18)13(19)16-15/h3-6H,7,15H2,1-2H3,(H,16,19). The lowest BCUT2D eigenvalue weighted by Gasteiger charge is -2.08. The zero-order chi connectivity index (χ0) is 14.7. The van der Waals surface area contributed by atoms with Gasteiger partial charge in [0.25, 0.3) is 5.91 Å². The topological polar surface area (TPSA) is 82.2 Å². The second-order valence-electron chi connectivity index (χ2n) is 4.44. The van der Waals surface area contributed by atoms with E-state index in [4.69, 9.17) is 22.2 Å². The molecular weight excluding hydrogens is 280 g/mol. The third-order valence-electron chi connectivity index (χ3n) is 2.62. The van der Waals surface area contributed by atoms with Crippen molar-refractivity contribution < 1.29 is 9.53 Å². The number of hydrazine groups is 1. The number of nitrogen functional groups attached to an aromatic ring is 1. The second kappa shape index (κ2) is 5.94. The van der Waals surface area contributed by atoms with E-state index in [-0.39, 0.29) is 17.4 Å². The Bertz CT molecular complexity index is 619. The first-order chi connectivity index (χ1) is 9.49. The number of carbonyl (C=O) groups is 1. The van der Waals surface area contributed by atoms with Gasteiger partial charge in [0, 0.05) is 6.20 Å². The van der Waals surface area contributed by atoms with Gasteiger partial charge >= 0.3 is 0 Å². The molecule has 6 nitrogen and oxygen atoms in total. The van der Waals surface area contributed by atoms with Crippen LogP contribution in [-0.4, -0.2) is 15.7 Å². The normalized spacial score (nSPS) is 10.4. The Labute approximate surface area is 121 Å². The molecular formula is C13H15ClN4O2. The largest absolute Gasteiger partial charge is 0.471 e. The minimum Gasteiger partial charge on any atom is -0.471 e. The number of aryl methyl sites for hydroxylation is 2. The Morgan fingerprint density at radius 3 is 2.65 bits per heavy atom. The molecule has 0 atom stereocenters.